The van der Waals surface area contributed by atoms with Gasteiger partial charge in [-0.2, -0.15) is 0 Å². The maximum atomic E-state index is 13.8. The van der Waals surface area contributed by atoms with E-state index in [0.29, 0.717) is 23.9 Å². The summed E-state index contributed by atoms with van der Waals surface area (Å²) >= 11 is 0. The fraction of sp³-hybridized carbons (Fsp3) is 0.667. The van der Waals surface area contributed by atoms with E-state index < -0.39 is 0 Å². The van der Waals surface area contributed by atoms with Crippen molar-refractivity contribution in [1.82, 2.24) is 9.80 Å². The summed E-state index contributed by atoms with van der Waals surface area (Å²) in [5.41, 5.74) is 4.09. The fourth-order valence-electron chi connectivity index (χ4n) is 8.65. The summed E-state index contributed by atoms with van der Waals surface area (Å²) < 4.78 is 0. The molecule has 3 saturated carbocycles. The molecule has 8 heteroatoms. The zero-order valence-electron chi connectivity index (χ0n) is 31.7. The highest BCUT2D eigenvalue weighted by Crippen LogP contribution is 2.34. The third kappa shape index (κ3) is 10.8. The van der Waals surface area contributed by atoms with Gasteiger partial charge in [0.15, 0.2) is 0 Å². The van der Waals surface area contributed by atoms with Gasteiger partial charge in [-0.15, -0.1) is 0 Å². The molecule has 3 aliphatic carbocycles. The van der Waals surface area contributed by atoms with E-state index in [9.17, 15) is 9.59 Å². The quantitative estimate of drug-likeness (QED) is 0.208. The molecule has 2 N–H and O–H groups in total. The molecule has 50 heavy (non-hydrogen) atoms. The van der Waals surface area contributed by atoms with Crippen molar-refractivity contribution in [2.45, 2.75) is 129 Å². The highest BCUT2D eigenvalue weighted by molar-refractivity contribution is 5.90. The SMILES string of the molecule is CCCN(C)c1ccc(NC(=O)N(C[C@H]2CC[C@H](CN(C(=O)Nc3ccc(N(C)CCC)cc3)C3CCCCC3)CC2)C2CCCCC2)cc1. The predicted octanol–water partition coefficient (Wildman–Crippen LogP) is 10.2. The number of anilines is 4. The molecule has 0 spiro atoms. The van der Waals surface area contributed by atoms with E-state index in [-0.39, 0.29) is 12.1 Å². The average Bonchev–Trinajstić information content (AvgIpc) is 3.14. The minimum Gasteiger partial charge on any atom is -0.375 e. The normalized spacial score (nSPS) is 20.2. The first kappa shape index (κ1) is 37.8. The predicted molar refractivity (Wildman–Crippen MR) is 211 cm³/mol. The molecule has 0 bridgehead atoms. The second-order valence-corrected chi connectivity index (χ2v) is 15.6. The largest absolute Gasteiger partial charge is 0.375 e. The third-order valence-electron chi connectivity index (χ3n) is 11.7. The smallest absolute Gasteiger partial charge is 0.322 e. The molecule has 0 aliphatic heterocycles. The highest BCUT2D eigenvalue weighted by Gasteiger charge is 2.33. The van der Waals surface area contributed by atoms with Gasteiger partial charge in [0.25, 0.3) is 0 Å². The van der Waals surface area contributed by atoms with E-state index in [1.54, 1.807) is 0 Å². The van der Waals surface area contributed by atoms with Crippen molar-refractivity contribution in [1.29, 1.82) is 0 Å². The highest BCUT2D eigenvalue weighted by atomic mass is 16.2. The average molecular weight is 687 g/mol. The van der Waals surface area contributed by atoms with E-state index in [2.05, 4.69) is 82.4 Å². The molecule has 3 aliphatic rings. The number of carbonyl (C=O) groups is 2. The lowest BCUT2D eigenvalue weighted by molar-refractivity contribution is 0.117. The molecule has 0 atom stereocenters. The molecule has 0 saturated heterocycles. The van der Waals surface area contributed by atoms with Gasteiger partial charge in [0.1, 0.15) is 0 Å². The monoisotopic (exact) mass is 687 g/mol. The lowest BCUT2D eigenvalue weighted by Gasteiger charge is -2.40. The number of nitrogens with one attached hydrogen (secondary N) is 2. The molecule has 0 unspecified atom stereocenters. The van der Waals surface area contributed by atoms with E-state index in [1.165, 1.54) is 49.9 Å². The topological polar surface area (TPSA) is 71.2 Å². The maximum Gasteiger partial charge on any atom is 0.322 e. The Balaban J connectivity index is 1.17. The van der Waals surface area contributed by atoms with E-state index >= 15 is 0 Å². The number of nitrogens with zero attached hydrogens (tertiary/aromatic N) is 4. The zero-order chi connectivity index (χ0) is 35.3. The molecule has 0 radical (unpaired) electrons. The maximum absolute atomic E-state index is 13.8. The van der Waals surface area contributed by atoms with Gasteiger partial charge < -0.3 is 30.2 Å². The van der Waals surface area contributed by atoms with Gasteiger partial charge in [0.05, 0.1) is 0 Å². The van der Waals surface area contributed by atoms with Crippen molar-refractivity contribution in [2.75, 3.05) is 60.7 Å². The first-order valence-corrected chi connectivity index (χ1v) is 20.1. The third-order valence-corrected chi connectivity index (χ3v) is 11.7. The Morgan fingerprint density at radius 3 is 1.20 bits per heavy atom. The van der Waals surface area contributed by atoms with Crippen molar-refractivity contribution in [3.63, 3.8) is 0 Å². The number of urea groups is 2. The summed E-state index contributed by atoms with van der Waals surface area (Å²) in [5, 5.41) is 6.52. The van der Waals surface area contributed by atoms with Crippen LogP contribution in [0.5, 0.6) is 0 Å². The van der Waals surface area contributed by atoms with Crippen LogP contribution in [0.15, 0.2) is 48.5 Å². The van der Waals surface area contributed by atoms with Gasteiger partial charge in [-0.1, -0.05) is 52.4 Å². The Kier molecular flexibility index (Phi) is 14.6. The van der Waals surface area contributed by atoms with Gasteiger partial charge in [0, 0.05) is 75.1 Å². The van der Waals surface area contributed by atoms with Crippen LogP contribution in [0, 0.1) is 11.8 Å². The molecule has 2 aromatic carbocycles. The van der Waals surface area contributed by atoms with E-state index in [4.69, 9.17) is 0 Å². The molecule has 3 fully saturated rings. The molecule has 4 amide bonds. The number of hydrogen-bond acceptors (Lipinski definition) is 4. The Morgan fingerprint density at radius 2 is 0.880 bits per heavy atom. The summed E-state index contributed by atoms with van der Waals surface area (Å²) in [4.78, 5) is 36.6. The summed E-state index contributed by atoms with van der Waals surface area (Å²) in [6, 6.07) is 17.4. The van der Waals surface area contributed by atoms with Crippen LogP contribution in [-0.4, -0.2) is 74.2 Å². The van der Waals surface area contributed by atoms with Gasteiger partial charge in [-0.3, -0.25) is 0 Å². The van der Waals surface area contributed by atoms with Crippen LogP contribution < -0.4 is 20.4 Å². The summed E-state index contributed by atoms with van der Waals surface area (Å²) in [6.07, 6.45) is 18.5. The minimum absolute atomic E-state index is 0.0545. The summed E-state index contributed by atoms with van der Waals surface area (Å²) in [6.45, 7) is 8.07. The van der Waals surface area contributed by atoms with Crippen molar-refractivity contribution in [3.8, 4) is 0 Å². The molecular weight excluding hydrogens is 621 g/mol. The Labute approximate surface area is 303 Å². The molecule has 2 aromatic rings. The van der Waals surface area contributed by atoms with Crippen molar-refractivity contribution in [3.05, 3.63) is 48.5 Å². The fourth-order valence-corrected chi connectivity index (χ4v) is 8.65. The van der Waals surface area contributed by atoms with Gasteiger partial charge in [-0.25, -0.2) is 9.59 Å². The number of hydrogen-bond donors (Lipinski definition) is 2. The van der Waals surface area contributed by atoms with Crippen LogP contribution in [0.25, 0.3) is 0 Å². The zero-order valence-corrected chi connectivity index (χ0v) is 31.7. The molecule has 0 aromatic heterocycles. The number of benzene rings is 2. The van der Waals surface area contributed by atoms with Crippen LogP contribution in [0.4, 0.5) is 32.3 Å². The second kappa shape index (κ2) is 19.3. The van der Waals surface area contributed by atoms with Crippen LogP contribution in [-0.2, 0) is 0 Å². The first-order chi connectivity index (χ1) is 24.3. The van der Waals surface area contributed by atoms with E-state index in [1.807, 2.05) is 24.3 Å². The van der Waals surface area contributed by atoms with Crippen LogP contribution in [0.2, 0.25) is 0 Å². The summed E-state index contributed by atoms with van der Waals surface area (Å²) in [5.74, 6) is 1.01. The van der Waals surface area contributed by atoms with Crippen LogP contribution in [0.3, 0.4) is 0 Å². The molecule has 276 valence electrons. The summed E-state index contributed by atoms with van der Waals surface area (Å²) in [7, 11) is 4.23. The van der Waals surface area contributed by atoms with Crippen LogP contribution in [0.1, 0.15) is 117 Å². The lowest BCUT2D eigenvalue weighted by Crippen LogP contribution is -2.48. The Bertz CT molecular complexity index is 1200. The van der Waals surface area contributed by atoms with Gasteiger partial charge in [0.2, 0.25) is 0 Å². The Morgan fingerprint density at radius 1 is 0.540 bits per heavy atom. The number of amides is 4. The minimum atomic E-state index is 0.0545. The Hall–Kier alpha value is -3.42. The standard InChI is InChI=1S/C42H66N6O2/c1-5-29-45(3)37-25-21-35(22-26-37)43-41(49)47(39-13-9-7-10-14-39)31-33-17-19-34(20-18-33)32-48(40-15-11-8-12-16-40)42(50)44-36-23-27-38(28-24-36)46(4)30-6-2/h21-28,33-34,39-40H,5-20,29-32H2,1-4H3,(H,43,49)(H,44,50)/t33-,34-. The molecule has 0 heterocycles. The van der Waals surface area contributed by atoms with Gasteiger partial charge >= 0.3 is 12.1 Å². The molecule has 8 nitrogen and oxygen atoms in total. The molecular formula is C42H66N6O2. The number of rotatable bonds is 14. The van der Waals surface area contributed by atoms with Gasteiger partial charge in [-0.05, 0) is 125 Å². The second-order valence-electron chi connectivity index (χ2n) is 15.6. The molecule has 5 rings (SSSR count). The van der Waals surface area contributed by atoms with E-state index in [0.717, 1.165) is 102 Å². The lowest BCUT2D eigenvalue weighted by atomic mass is 9.80. The van der Waals surface area contributed by atoms with Crippen molar-refractivity contribution in [2.24, 2.45) is 11.8 Å². The van der Waals surface area contributed by atoms with Crippen molar-refractivity contribution >= 4 is 34.8 Å². The number of carbonyl (C=O) groups excluding carboxylic acids is 2. The van der Waals surface area contributed by atoms with Crippen molar-refractivity contribution < 1.29 is 9.59 Å². The van der Waals surface area contributed by atoms with Crippen LogP contribution >= 0.6 is 0 Å². The first-order valence-electron chi connectivity index (χ1n) is 20.1.